The molecule has 2 saturated heterocycles. The minimum atomic E-state index is -0.411. The van der Waals surface area contributed by atoms with Crippen molar-refractivity contribution < 1.29 is 19.1 Å². The number of fused-ring (bicyclic) bond motifs is 1. The molecule has 0 N–H and O–H groups in total. The summed E-state index contributed by atoms with van der Waals surface area (Å²) >= 11 is 0. The molecule has 1 spiro atoms. The number of rotatable bonds is 4. The van der Waals surface area contributed by atoms with Crippen LogP contribution in [0.2, 0.25) is 0 Å². The van der Waals surface area contributed by atoms with Crippen molar-refractivity contribution >= 4 is 17.6 Å². The Labute approximate surface area is 265 Å². The SMILES string of the molecule is CC1(C(=O)N2CCC3(CCCN(c4ccc(C#N)cn4)CCN(Cc4ccccc4)C(=O)c4ccccc4OC3)CC2)COC1. The summed E-state index contributed by atoms with van der Waals surface area (Å²) in [6, 6.07) is 23.4. The van der Waals surface area contributed by atoms with Gasteiger partial charge in [-0.15, -0.1) is 0 Å². The molecule has 4 heterocycles. The third kappa shape index (κ3) is 6.81. The molecule has 9 nitrogen and oxygen atoms in total. The van der Waals surface area contributed by atoms with E-state index in [0.717, 1.165) is 43.6 Å². The maximum Gasteiger partial charge on any atom is 0.257 e. The Kier molecular flexibility index (Phi) is 9.04. The van der Waals surface area contributed by atoms with Gasteiger partial charge in [0.25, 0.3) is 5.91 Å². The van der Waals surface area contributed by atoms with E-state index in [9.17, 15) is 14.9 Å². The van der Waals surface area contributed by atoms with Gasteiger partial charge in [-0.3, -0.25) is 9.59 Å². The summed E-state index contributed by atoms with van der Waals surface area (Å²) in [5.74, 6) is 1.49. The summed E-state index contributed by atoms with van der Waals surface area (Å²) in [7, 11) is 0. The maximum atomic E-state index is 14.2. The molecular weight excluding hydrogens is 566 g/mol. The summed E-state index contributed by atoms with van der Waals surface area (Å²) in [5, 5.41) is 9.32. The zero-order chi connectivity index (χ0) is 31.3. The molecule has 2 aromatic carbocycles. The van der Waals surface area contributed by atoms with Crippen LogP contribution in [0.5, 0.6) is 5.75 Å². The largest absolute Gasteiger partial charge is 0.492 e. The number of benzene rings is 2. The van der Waals surface area contributed by atoms with E-state index in [1.165, 1.54) is 0 Å². The van der Waals surface area contributed by atoms with Crippen LogP contribution in [0.15, 0.2) is 72.9 Å². The number of piperidine rings is 1. The molecule has 6 rings (SSSR count). The lowest BCUT2D eigenvalue weighted by Gasteiger charge is -2.46. The zero-order valence-electron chi connectivity index (χ0n) is 26.0. The van der Waals surface area contributed by atoms with Crippen molar-refractivity contribution in [3.63, 3.8) is 0 Å². The third-order valence-corrected chi connectivity index (χ3v) is 9.60. The van der Waals surface area contributed by atoms with Gasteiger partial charge in [0.15, 0.2) is 0 Å². The number of para-hydroxylation sites is 1. The molecular formula is C36H41N5O4. The van der Waals surface area contributed by atoms with Gasteiger partial charge in [-0.2, -0.15) is 5.26 Å². The molecule has 3 aliphatic heterocycles. The summed E-state index contributed by atoms with van der Waals surface area (Å²) < 4.78 is 11.9. The van der Waals surface area contributed by atoms with Crippen LogP contribution in [0.25, 0.3) is 0 Å². The number of ether oxygens (including phenoxy) is 2. The molecule has 2 amide bonds. The highest BCUT2D eigenvalue weighted by Crippen LogP contribution is 2.40. The topological polar surface area (TPSA) is 99.0 Å². The second kappa shape index (κ2) is 13.3. The fourth-order valence-electron chi connectivity index (χ4n) is 6.66. The van der Waals surface area contributed by atoms with Crippen molar-refractivity contribution in [2.24, 2.45) is 10.8 Å². The van der Waals surface area contributed by atoms with E-state index in [1.807, 2.05) is 77.4 Å². The number of nitrogens with zero attached hydrogens (tertiary/aromatic N) is 5. The zero-order valence-corrected chi connectivity index (χ0v) is 26.0. The first kappa shape index (κ1) is 30.6. The van der Waals surface area contributed by atoms with Gasteiger partial charge in [-0.05, 0) is 62.4 Å². The second-order valence-corrected chi connectivity index (χ2v) is 13.0. The number of nitriles is 1. The first-order valence-corrected chi connectivity index (χ1v) is 15.9. The van der Waals surface area contributed by atoms with Crippen LogP contribution in [0.3, 0.4) is 0 Å². The van der Waals surface area contributed by atoms with E-state index in [0.29, 0.717) is 69.4 Å². The molecule has 234 valence electrons. The number of pyridine rings is 1. The first-order valence-electron chi connectivity index (χ1n) is 15.9. The van der Waals surface area contributed by atoms with E-state index < -0.39 is 5.41 Å². The van der Waals surface area contributed by atoms with Gasteiger partial charge in [0.1, 0.15) is 17.6 Å². The Morgan fingerprint density at radius 3 is 2.36 bits per heavy atom. The lowest BCUT2D eigenvalue weighted by Crippen LogP contribution is -2.56. The maximum absolute atomic E-state index is 14.2. The summed E-state index contributed by atoms with van der Waals surface area (Å²) in [5.41, 5.74) is 1.58. The molecule has 2 fully saturated rings. The highest BCUT2D eigenvalue weighted by molar-refractivity contribution is 5.97. The molecule has 0 saturated carbocycles. The molecule has 3 aliphatic rings. The number of likely N-dealkylation sites (tertiary alicyclic amines) is 1. The summed E-state index contributed by atoms with van der Waals surface area (Å²) in [4.78, 5) is 38.2. The quantitative estimate of drug-likeness (QED) is 0.415. The van der Waals surface area contributed by atoms with Gasteiger partial charge < -0.3 is 24.2 Å². The number of aromatic nitrogens is 1. The van der Waals surface area contributed by atoms with Gasteiger partial charge in [-0.25, -0.2) is 4.98 Å². The Morgan fingerprint density at radius 2 is 1.67 bits per heavy atom. The Balaban J connectivity index is 1.28. The van der Waals surface area contributed by atoms with E-state index >= 15 is 0 Å². The standard InChI is InChI=1S/C36H41N5O4/c1-35(25-44-26-35)34(43)40-18-15-36(16-19-40)14-7-17-39(32-13-12-29(22-37)23-38-32)20-21-41(24-28-8-3-2-4-9-28)33(42)30-10-5-6-11-31(30)45-27-36/h2-6,8-13,23H,7,14-21,24-27H2,1H3. The van der Waals surface area contributed by atoms with Crippen molar-refractivity contribution in [3.8, 4) is 11.8 Å². The number of amides is 2. The van der Waals surface area contributed by atoms with E-state index in [-0.39, 0.29) is 17.2 Å². The van der Waals surface area contributed by atoms with Crippen molar-refractivity contribution in [2.45, 2.75) is 39.2 Å². The molecule has 0 aliphatic carbocycles. The Bertz CT molecular complexity index is 1520. The number of carbonyl (C=O) groups is 2. The van der Waals surface area contributed by atoms with Crippen LogP contribution in [-0.4, -0.2) is 79.1 Å². The second-order valence-electron chi connectivity index (χ2n) is 13.0. The molecule has 9 heteroatoms. The fourth-order valence-corrected chi connectivity index (χ4v) is 6.66. The highest BCUT2D eigenvalue weighted by Gasteiger charge is 2.46. The van der Waals surface area contributed by atoms with Gasteiger partial charge in [0, 0.05) is 50.9 Å². The molecule has 0 atom stereocenters. The van der Waals surface area contributed by atoms with E-state index in [1.54, 1.807) is 12.3 Å². The number of anilines is 1. The molecule has 0 unspecified atom stereocenters. The normalized spacial score (nSPS) is 20.0. The van der Waals surface area contributed by atoms with Crippen LogP contribution in [0.4, 0.5) is 5.82 Å². The molecule has 45 heavy (non-hydrogen) atoms. The van der Waals surface area contributed by atoms with Crippen LogP contribution in [0.1, 0.15) is 54.1 Å². The average Bonchev–Trinajstić information content (AvgIpc) is 3.08. The van der Waals surface area contributed by atoms with Crippen LogP contribution in [-0.2, 0) is 16.1 Å². The lowest BCUT2D eigenvalue weighted by molar-refractivity contribution is -0.171. The van der Waals surface area contributed by atoms with Crippen molar-refractivity contribution in [2.75, 3.05) is 57.4 Å². The van der Waals surface area contributed by atoms with Crippen LogP contribution >= 0.6 is 0 Å². The minimum absolute atomic E-state index is 0.0770. The first-order chi connectivity index (χ1) is 21.9. The van der Waals surface area contributed by atoms with Gasteiger partial charge in [0.2, 0.25) is 5.91 Å². The van der Waals surface area contributed by atoms with E-state index in [2.05, 4.69) is 16.0 Å². The van der Waals surface area contributed by atoms with Crippen molar-refractivity contribution in [3.05, 3.63) is 89.6 Å². The molecule has 0 radical (unpaired) electrons. The van der Waals surface area contributed by atoms with Gasteiger partial charge in [-0.1, -0.05) is 42.5 Å². The smallest absolute Gasteiger partial charge is 0.257 e. The number of hydrogen-bond acceptors (Lipinski definition) is 7. The van der Waals surface area contributed by atoms with Gasteiger partial charge >= 0.3 is 0 Å². The average molecular weight is 608 g/mol. The van der Waals surface area contributed by atoms with Crippen molar-refractivity contribution in [1.82, 2.24) is 14.8 Å². The Morgan fingerprint density at radius 1 is 0.911 bits per heavy atom. The predicted molar refractivity (Wildman–Crippen MR) is 171 cm³/mol. The number of hydrogen-bond donors (Lipinski definition) is 0. The fraction of sp³-hybridized carbons (Fsp3) is 0.444. The molecule has 0 bridgehead atoms. The third-order valence-electron chi connectivity index (χ3n) is 9.60. The highest BCUT2D eigenvalue weighted by atomic mass is 16.5. The minimum Gasteiger partial charge on any atom is -0.492 e. The van der Waals surface area contributed by atoms with Crippen LogP contribution in [0, 0.1) is 22.2 Å². The monoisotopic (exact) mass is 607 g/mol. The molecule has 1 aromatic heterocycles. The predicted octanol–water partition coefficient (Wildman–Crippen LogP) is 4.92. The van der Waals surface area contributed by atoms with Crippen LogP contribution < -0.4 is 9.64 Å². The summed E-state index contributed by atoms with van der Waals surface area (Å²) in [6.07, 6.45) is 5.10. The number of carbonyl (C=O) groups excluding carboxylic acids is 2. The lowest BCUT2D eigenvalue weighted by atomic mass is 9.74. The Hall–Kier alpha value is -4.42. The van der Waals surface area contributed by atoms with Gasteiger partial charge in [0.05, 0.1) is 36.4 Å². The summed E-state index contributed by atoms with van der Waals surface area (Å²) in [6.45, 7) is 7.13. The van der Waals surface area contributed by atoms with Crippen molar-refractivity contribution in [1.29, 1.82) is 5.26 Å². The molecule has 3 aromatic rings. The van der Waals surface area contributed by atoms with E-state index in [4.69, 9.17) is 9.47 Å².